The minimum atomic E-state index is -0.142. The summed E-state index contributed by atoms with van der Waals surface area (Å²) < 4.78 is 1.93. The van der Waals surface area contributed by atoms with Crippen molar-refractivity contribution in [1.82, 2.24) is 19.7 Å². The van der Waals surface area contributed by atoms with E-state index in [2.05, 4.69) is 27.4 Å². The topological polar surface area (TPSA) is 63.1 Å². The van der Waals surface area contributed by atoms with Crippen LogP contribution < -0.4 is 5.32 Å². The van der Waals surface area contributed by atoms with Crippen LogP contribution in [0.4, 0.5) is 11.6 Å². The molecule has 1 amide bonds. The van der Waals surface area contributed by atoms with Crippen LogP contribution in [0.15, 0.2) is 18.2 Å². The van der Waals surface area contributed by atoms with Crippen molar-refractivity contribution in [2.45, 2.75) is 77.3 Å². The van der Waals surface area contributed by atoms with E-state index in [-0.39, 0.29) is 5.41 Å². The van der Waals surface area contributed by atoms with Gasteiger partial charge in [0.2, 0.25) is 5.91 Å². The largest absolute Gasteiger partial charge is 0.332 e. The molecule has 1 N–H and O–H groups in total. The first-order valence-corrected chi connectivity index (χ1v) is 11.2. The van der Waals surface area contributed by atoms with Gasteiger partial charge in [0.15, 0.2) is 5.82 Å². The highest BCUT2D eigenvalue weighted by atomic mass is 16.2. The van der Waals surface area contributed by atoms with E-state index in [1.165, 1.54) is 25.7 Å². The van der Waals surface area contributed by atoms with E-state index in [1.807, 2.05) is 17.8 Å². The summed E-state index contributed by atoms with van der Waals surface area (Å²) in [5.41, 5.74) is 3.28. The van der Waals surface area contributed by atoms with Crippen LogP contribution in [-0.2, 0) is 31.4 Å². The fourth-order valence-electron chi connectivity index (χ4n) is 5.53. The Morgan fingerprint density at radius 2 is 1.76 bits per heavy atom. The maximum Gasteiger partial charge on any atom is 0.229 e. The van der Waals surface area contributed by atoms with Crippen molar-refractivity contribution >= 4 is 17.5 Å². The number of rotatable bonds is 0. The Labute approximate surface area is 172 Å². The number of carbonyl (C=O) groups excluding carboxylic acids is 1. The van der Waals surface area contributed by atoms with E-state index in [9.17, 15) is 4.79 Å². The molecule has 1 saturated carbocycles. The molecule has 29 heavy (non-hydrogen) atoms. The van der Waals surface area contributed by atoms with Gasteiger partial charge in [0.05, 0.1) is 18.8 Å². The zero-order chi connectivity index (χ0) is 19.8. The average Bonchev–Trinajstić information content (AvgIpc) is 3.29. The Morgan fingerprint density at radius 3 is 2.55 bits per heavy atom. The lowest BCUT2D eigenvalue weighted by molar-refractivity contribution is -0.145. The highest BCUT2D eigenvalue weighted by Gasteiger charge is 2.43. The van der Waals surface area contributed by atoms with E-state index in [0.717, 1.165) is 67.1 Å². The maximum atomic E-state index is 13.8. The summed E-state index contributed by atoms with van der Waals surface area (Å²) in [5, 5.41) is 8.11. The van der Waals surface area contributed by atoms with Crippen molar-refractivity contribution in [2.24, 2.45) is 12.5 Å². The number of anilines is 2. The maximum absolute atomic E-state index is 13.8. The Bertz CT molecular complexity index is 912. The van der Waals surface area contributed by atoms with Gasteiger partial charge >= 0.3 is 0 Å². The van der Waals surface area contributed by atoms with Crippen molar-refractivity contribution < 1.29 is 4.79 Å². The van der Waals surface area contributed by atoms with Crippen LogP contribution in [0.2, 0.25) is 0 Å². The summed E-state index contributed by atoms with van der Waals surface area (Å²) >= 11 is 0. The summed E-state index contributed by atoms with van der Waals surface area (Å²) in [6.45, 7) is 1.33. The number of aryl methyl sites for hydroxylation is 2. The average molecular weight is 394 g/mol. The number of amides is 1. The highest BCUT2D eigenvalue weighted by Crippen LogP contribution is 2.44. The van der Waals surface area contributed by atoms with Crippen LogP contribution in [0.1, 0.15) is 74.7 Å². The molecule has 154 valence electrons. The molecule has 0 atom stereocenters. The van der Waals surface area contributed by atoms with E-state index in [4.69, 9.17) is 4.98 Å². The SMILES string of the molecule is Cn1nc2c3c1CN(C3)C(=O)C1(CCCCCc3cccc(n3)N2)CCCCC1. The highest BCUT2D eigenvalue weighted by molar-refractivity contribution is 5.83. The molecule has 0 saturated heterocycles. The van der Waals surface area contributed by atoms with Crippen molar-refractivity contribution in [3.63, 3.8) is 0 Å². The fourth-order valence-corrected chi connectivity index (χ4v) is 5.53. The minimum Gasteiger partial charge on any atom is -0.332 e. The predicted molar refractivity (Wildman–Crippen MR) is 113 cm³/mol. The molecule has 1 spiro atoms. The number of fused-ring (bicyclic) bond motifs is 3. The Morgan fingerprint density at radius 1 is 1.00 bits per heavy atom. The van der Waals surface area contributed by atoms with Gasteiger partial charge in [-0.05, 0) is 44.2 Å². The fraction of sp³-hybridized carbons (Fsp3) is 0.609. The number of pyridine rings is 1. The zero-order valence-corrected chi connectivity index (χ0v) is 17.4. The third-order valence-electron chi connectivity index (χ3n) is 7.16. The van der Waals surface area contributed by atoms with Crippen LogP contribution in [0.5, 0.6) is 0 Å². The molecule has 2 aromatic heterocycles. The Balaban J connectivity index is 1.50. The van der Waals surface area contributed by atoms with Crippen LogP contribution in [0.3, 0.4) is 0 Å². The van der Waals surface area contributed by atoms with Crippen molar-refractivity contribution in [1.29, 1.82) is 0 Å². The van der Waals surface area contributed by atoms with E-state index in [0.29, 0.717) is 19.0 Å². The molecule has 6 nitrogen and oxygen atoms in total. The summed E-state index contributed by atoms with van der Waals surface area (Å²) in [6, 6.07) is 6.18. The lowest BCUT2D eigenvalue weighted by Crippen LogP contribution is -2.43. The second kappa shape index (κ2) is 7.47. The van der Waals surface area contributed by atoms with Crippen LogP contribution in [-0.4, -0.2) is 25.6 Å². The molecule has 2 aromatic rings. The normalized spacial score (nSPS) is 21.6. The Hall–Kier alpha value is -2.37. The number of carbonyl (C=O) groups is 1. The van der Waals surface area contributed by atoms with Crippen molar-refractivity contribution in [2.75, 3.05) is 5.32 Å². The van der Waals surface area contributed by atoms with Crippen LogP contribution in [0, 0.1) is 5.41 Å². The molecule has 4 heterocycles. The molecule has 0 unspecified atom stereocenters. The summed E-state index contributed by atoms with van der Waals surface area (Å²) in [7, 11) is 1.98. The summed E-state index contributed by atoms with van der Waals surface area (Å²) in [4.78, 5) is 20.6. The van der Waals surface area contributed by atoms with Crippen molar-refractivity contribution in [3.05, 3.63) is 35.2 Å². The van der Waals surface area contributed by atoms with Gasteiger partial charge in [0, 0.05) is 23.7 Å². The van der Waals surface area contributed by atoms with E-state index >= 15 is 0 Å². The number of hydrogen-bond donors (Lipinski definition) is 1. The number of nitrogens with zero attached hydrogens (tertiary/aromatic N) is 4. The zero-order valence-electron chi connectivity index (χ0n) is 17.4. The molecule has 1 aliphatic carbocycles. The molecule has 2 aliphatic heterocycles. The molecule has 3 aliphatic rings. The molecule has 6 heteroatoms. The second-order valence-electron chi connectivity index (χ2n) is 9.10. The van der Waals surface area contributed by atoms with Crippen LogP contribution in [0.25, 0.3) is 0 Å². The van der Waals surface area contributed by atoms with Gasteiger partial charge < -0.3 is 10.2 Å². The third kappa shape index (κ3) is 3.43. The monoisotopic (exact) mass is 393 g/mol. The Kier molecular flexibility index (Phi) is 4.80. The van der Waals surface area contributed by atoms with Crippen LogP contribution >= 0.6 is 0 Å². The molecule has 0 radical (unpaired) electrons. The number of aromatic nitrogens is 3. The first-order chi connectivity index (χ1) is 14.1. The van der Waals surface area contributed by atoms with Gasteiger partial charge in [0.1, 0.15) is 5.82 Å². The molecule has 1 fully saturated rings. The standard InChI is InChI=1S/C23H31N5O/c1-27-19-16-28-15-18(19)21(26-27)25-20-11-8-10-17(24-20)9-4-2-5-12-23(22(28)29)13-6-3-7-14-23/h8,10-11H,2-7,9,12-16H2,1H3,(H,24,25,26). The second-order valence-corrected chi connectivity index (χ2v) is 9.10. The molecule has 5 rings (SSSR count). The first kappa shape index (κ1) is 18.6. The lowest BCUT2D eigenvalue weighted by Gasteiger charge is -2.39. The smallest absolute Gasteiger partial charge is 0.229 e. The molecule has 0 aromatic carbocycles. The molecular formula is C23H31N5O. The van der Waals surface area contributed by atoms with Gasteiger partial charge in [-0.3, -0.25) is 9.48 Å². The van der Waals surface area contributed by atoms with Crippen molar-refractivity contribution in [3.8, 4) is 0 Å². The van der Waals surface area contributed by atoms with Gasteiger partial charge in [-0.25, -0.2) is 4.98 Å². The van der Waals surface area contributed by atoms with Gasteiger partial charge in [-0.15, -0.1) is 0 Å². The molecule has 4 bridgehead atoms. The lowest BCUT2D eigenvalue weighted by atomic mass is 9.70. The quantitative estimate of drug-likeness (QED) is 0.717. The predicted octanol–water partition coefficient (Wildman–Crippen LogP) is 4.47. The minimum absolute atomic E-state index is 0.142. The van der Waals surface area contributed by atoms with Gasteiger partial charge in [-0.2, -0.15) is 5.10 Å². The van der Waals surface area contributed by atoms with Gasteiger partial charge in [-0.1, -0.05) is 38.2 Å². The van der Waals surface area contributed by atoms with E-state index < -0.39 is 0 Å². The number of nitrogens with one attached hydrogen (secondary N) is 1. The summed E-state index contributed by atoms with van der Waals surface area (Å²) in [5.74, 6) is 2.06. The summed E-state index contributed by atoms with van der Waals surface area (Å²) in [6.07, 6.45) is 11.2. The van der Waals surface area contributed by atoms with E-state index in [1.54, 1.807) is 0 Å². The first-order valence-electron chi connectivity index (χ1n) is 11.2. The number of hydrogen-bond acceptors (Lipinski definition) is 4. The van der Waals surface area contributed by atoms with Gasteiger partial charge in [0.25, 0.3) is 0 Å². The molecular weight excluding hydrogens is 362 g/mol. The third-order valence-corrected chi connectivity index (χ3v) is 7.16.